The van der Waals surface area contributed by atoms with Crippen LogP contribution in [0.15, 0.2) is 48.5 Å². The second-order valence-corrected chi connectivity index (χ2v) is 6.31. The fourth-order valence-electron chi connectivity index (χ4n) is 2.34. The van der Waals surface area contributed by atoms with E-state index in [4.69, 9.17) is 0 Å². The molecule has 7 heteroatoms. The summed E-state index contributed by atoms with van der Waals surface area (Å²) < 4.78 is 68.0. The Morgan fingerprint density at radius 1 is 0.704 bits per heavy atom. The third-order valence-corrected chi connectivity index (χ3v) is 3.52. The van der Waals surface area contributed by atoms with Crippen molar-refractivity contribution in [1.29, 1.82) is 0 Å². The highest BCUT2D eigenvalue weighted by Crippen LogP contribution is 2.30. The molecule has 2 aromatic carbocycles. The minimum Gasteiger partial charge on any atom is -0.435 e. The average Bonchev–Trinajstić information content (AvgIpc) is 2.54. The molecular weight excluding hydrogens is 367 g/mol. The minimum atomic E-state index is -4.62. The van der Waals surface area contributed by atoms with Gasteiger partial charge in [-0.15, -0.1) is 13.2 Å². The maximum absolute atomic E-state index is 12.0. The van der Waals surface area contributed by atoms with Gasteiger partial charge < -0.3 is 9.47 Å². The van der Waals surface area contributed by atoms with Crippen molar-refractivity contribution in [2.24, 2.45) is 0 Å². The SMILES string of the molecule is CC(C)c1ccccc1OC(F)(F)F.CC(C)c1ccccc1OC(F)F. The van der Waals surface area contributed by atoms with Crippen LogP contribution >= 0.6 is 0 Å². The lowest BCUT2D eigenvalue weighted by atomic mass is 10.0. The lowest BCUT2D eigenvalue weighted by Crippen LogP contribution is -2.18. The maximum Gasteiger partial charge on any atom is 0.573 e. The van der Waals surface area contributed by atoms with Crippen LogP contribution in [-0.4, -0.2) is 13.0 Å². The van der Waals surface area contributed by atoms with Crippen molar-refractivity contribution in [3.8, 4) is 11.5 Å². The van der Waals surface area contributed by atoms with E-state index in [-0.39, 0.29) is 23.3 Å². The van der Waals surface area contributed by atoms with Crippen LogP contribution in [0.3, 0.4) is 0 Å². The molecule has 0 aliphatic heterocycles. The van der Waals surface area contributed by atoms with E-state index in [0.29, 0.717) is 5.56 Å². The van der Waals surface area contributed by atoms with E-state index in [2.05, 4.69) is 9.47 Å². The van der Waals surface area contributed by atoms with E-state index in [1.54, 1.807) is 30.3 Å². The molecule has 0 unspecified atom stereocenters. The first-order valence-electron chi connectivity index (χ1n) is 8.39. The van der Waals surface area contributed by atoms with Crippen LogP contribution in [0.5, 0.6) is 11.5 Å². The second kappa shape index (κ2) is 10.1. The van der Waals surface area contributed by atoms with Crippen molar-refractivity contribution in [3.05, 3.63) is 59.7 Å². The lowest BCUT2D eigenvalue weighted by Gasteiger charge is -2.14. The summed E-state index contributed by atoms with van der Waals surface area (Å²) in [7, 11) is 0. The molecule has 0 saturated heterocycles. The molecule has 0 amide bonds. The quantitative estimate of drug-likeness (QED) is 0.506. The van der Waals surface area contributed by atoms with Gasteiger partial charge in [-0.2, -0.15) is 8.78 Å². The molecule has 0 aromatic heterocycles. The largest absolute Gasteiger partial charge is 0.573 e. The third kappa shape index (κ3) is 8.28. The molecule has 0 radical (unpaired) electrons. The predicted octanol–water partition coefficient (Wildman–Crippen LogP) is 7.12. The fraction of sp³-hybridized carbons (Fsp3) is 0.400. The molecule has 0 N–H and O–H groups in total. The number of benzene rings is 2. The molecule has 0 atom stereocenters. The molecule has 2 rings (SSSR count). The molecule has 27 heavy (non-hydrogen) atoms. The molecule has 0 spiro atoms. The van der Waals surface area contributed by atoms with Crippen LogP contribution < -0.4 is 9.47 Å². The van der Waals surface area contributed by atoms with Crippen molar-refractivity contribution in [1.82, 2.24) is 0 Å². The Bertz CT molecular complexity index is 697. The van der Waals surface area contributed by atoms with Gasteiger partial charge in [-0.3, -0.25) is 0 Å². The number of hydrogen-bond acceptors (Lipinski definition) is 2. The fourth-order valence-corrected chi connectivity index (χ4v) is 2.34. The van der Waals surface area contributed by atoms with Crippen molar-refractivity contribution in [3.63, 3.8) is 0 Å². The summed E-state index contributed by atoms with van der Waals surface area (Å²) >= 11 is 0. The molecule has 0 aliphatic rings. The van der Waals surface area contributed by atoms with E-state index in [0.717, 1.165) is 5.56 Å². The standard InChI is InChI=1S/C10H11F3O.C10H12F2O/c1-7(2)8-5-3-4-6-9(8)14-10(11,12)13;1-7(2)8-5-3-4-6-9(8)13-10(11)12/h3-7H,1-2H3;3-7,10H,1-2H3. The van der Waals surface area contributed by atoms with E-state index in [1.165, 1.54) is 12.1 Å². The van der Waals surface area contributed by atoms with Crippen LogP contribution in [-0.2, 0) is 0 Å². The molecular formula is C20H23F5O2. The summed E-state index contributed by atoms with van der Waals surface area (Å²) in [6.45, 7) is 4.76. The molecule has 0 bridgehead atoms. The molecule has 0 aliphatic carbocycles. The Morgan fingerprint density at radius 3 is 1.52 bits per heavy atom. The van der Waals surface area contributed by atoms with Gasteiger partial charge in [-0.1, -0.05) is 64.1 Å². The van der Waals surface area contributed by atoms with E-state index in [1.807, 2.05) is 33.8 Å². The van der Waals surface area contributed by atoms with Crippen LogP contribution in [0.4, 0.5) is 22.0 Å². The number of rotatable bonds is 5. The zero-order chi connectivity index (χ0) is 20.6. The highest BCUT2D eigenvalue weighted by atomic mass is 19.4. The number of hydrogen-bond donors (Lipinski definition) is 0. The Labute approximate surface area is 155 Å². The van der Waals surface area contributed by atoms with E-state index >= 15 is 0 Å². The minimum absolute atomic E-state index is 0.00792. The first-order chi connectivity index (χ1) is 12.5. The van der Waals surface area contributed by atoms with Gasteiger partial charge in [0.2, 0.25) is 0 Å². The van der Waals surface area contributed by atoms with Crippen molar-refractivity contribution in [2.45, 2.75) is 52.5 Å². The van der Waals surface area contributed by atoms with Gasteiger partial charge in [-0.05, 0) is 35.1 Å². The molecule has 0 fully saturated rings. The van der Waals surface area contributed by atoms with Gasteiger partial charge in [-0.25, -0.2) is 0 Å². The molecule has 2 aromatic rings. The van der Waals surface area contributed by atoms with Gasteiger partial charge >= 0.3 is 13.0 Å². The zero-order valence-corrected chi connectivity index (χ0v) is 15.6. The number of alkyl halides is 5. The van der Waals surface area contributed by atoms with Crippen LogP contribution in [0.1, 0.15) is 50.7 Å². The smallest absolute Gasteiger partial charge is 0.435 e. The Hall–Kier alpha value is -2.31. The number of halogens is 5. The monoisotopic (exact) mass is 390 g/mol. The first kappa shape index (κ1) is 22.7. The van der Waals surface area contributed by atoms with Gasteiger partial charge in [0, 0.05) is 0 Å². The van der Waals surface area contributed by atoms with Crippen molar-refractivity contribution >= 4 is 0 Å². The summed E-state index contributed by atoms with van der Waals surface area (Å²) in [4.78, 5) is 0. The average molecular weight is 390 g/mol. The highest BCUT2D eigenvalue weighted by molar-refractivity contribution is 5.36. The lowest BCUT2D eigenvalue weighted by molar-refractivity contribution is -0.274. The number of ether oxygens (including phenoxy) is 2. The predicted molar refractivity (Wildman–Crippen MR) is 94.4 cm³/mol. The Balaban J connectivity index is 0.000000271. The van der Waals surface area contributed by atoms with E-state index < -0.39 is 13.0 Å². The Morgan fingerprint density at radius 2 is 1.11 bits per heavy atom. The van der Waals surface area contributed by atoms with Crippen LogP contribution in [0.25, 0.3) is 0 Å². The summed E-state index contributed by atoms with van der Waals surface area (Å²) in [5, 5.41) is 0. The summed E-state index contributed by atoms with van der Waals surface area (Å²) in [6, 6.07) is 13.0. The van der Waals surface area contributed by atoms with Gasteiger partial charge in [0.15, 0.2) is 0 Å². The highest BCUT2D eigenvalue weighted by Gasteiger charge is 2.32. The second-order valence-electron chi connectivity index (χ2n) is 6.31. The summed E-state index contributed by atoms with van der Waals surface area (Å²) in [6.07, 6.45) is -4.62. The number of para-hydroxylation sites is 2. The summed E-state index contributed by atoms with van der Waals surface area (Å²) in [5.74, 6) is 0.353. The molecule has 2 nitrogen and oxygen atoms in total. The van der Waals surface area contributed by atoms with Crippen LogP contribution in [0, 0.1) is 0 Å². The zero-order valence-electron chi connectivity index (χ0n) is 15.6. The maximum atomic E-state index is 12.0. The van der Waals surface area contributed by atoms with Crippen molar-refractivity contribution in [2.75, 3.05) is 0 Å². The van der Waals surface area contributed by atoms with Gasteiger partial charge in [0.25, 0.3) is 0 Å². The van der Waals surface area contributed by atoms with E-state index in [9.17, 15) is 22.0 Å². The first-order valence-corrected chi connectivity index (χ1v) is 8.39. The topological polar surface area (TPSA) is 18.5 Å². The Kier molecular flexibility index (Phi) is 8.53. The van der Waals surface area contributed by atoms with Crippen molar-refractivity contribution < 1.29 is 31.4 Å². The molecule has 0 heterocycles. The normalized spacial score (nSPS) is 11.4. The summed E-state index contributed by atoms with van der Waals surface area (Å²) in [5.41, 5.74) is 1.37. The molecule has 0 saturated carbocycles. The van der Waals surface area contributed by atoms with Gasteiger partial charge in [0.05, 0.1) is 0 Å². The van der Waals surface area contributed by atoms with Crippen LogP contribution in [0.2, 0.25) is 0 Å². The molecule has 150 valence electrons. The third-order valence-electron chi connectivity index (χ3n) is 3.52. The van der Waals surface area contributed by atoms with Gasteiger partial charge in [0.1, 0.15) is 11.5 Å².